The summed E-state index contributed by atoms with van der Waals surface area (Å²) in [7, 11) is 1.50. The number of rotatable bonds is 7. The lowest BCUT2D eigenvalue weighted by Gasteiger charge is -2.15. The topological polar surface area (TPSA) is 65.1 Å². The molecule has 0 bridgehead atoms. The maximum Gasteiger partial charge on any atom is 0.298 e. The molecule has 0 spiro atoms. The lowest BCUT2D eigenvalue weighted by atomic mass is 10.1. The van der Waals surface area contributed by atoms with Crippen molar-refractivity contribution in [1.82, 2.24) is 0 Å². The summed E-state index contributed by atoms with van der Waals surface area (Å²) in [6, 6.07) is 12.4. The van der Waals surface area contributed by atoms with Gasteiger partial charge < -0.3 is 14.2 Å². The molecule has 6 nitrogen and oxygen atoms in total. The highest BCUT2D eigenvalue weighted by molar-refractivity contribution is 8.19. The highest BCUT2D eigenvalue weighted by atomic mass is 32.2. The van der Waals surface area contributed by atoms with Crippen LogP contribution in [0.25, 0.3) is 6.08 Å². The number of hydrogen-bond acceptors (Lipinski definition) is 6. The smallest absolute Gasteiger partial charge is 0.298 e. The molecule has 0 radical (unpaired) electrons. The Kier molecular flexibility index (Phi) is 6.26. The molecule has 0 saturated carbocycles. The standard InChI is InChI=1S/C21H21NO5S/c1-4-26-17-11-10-14(12-18(17)27-5-2)13-19-20(23)22(21(24)28-19)15-8-6-7-9-16(15)25-3/h6-13H,4-5H2,1-3H3/b19-13-. The summed E-state index contributed by atoms with van der Waals surface area (Å²) in [6.45, 7) is 4.81. The number of nitrogens with zero attached hydrogens (tertiary/aromatic N) is 1. The van der Waals surface area contributed by atoms with Crippen molar-refractivity contribution in [2.75, 3.05) is 25.2 Å². The third kappa shape index (κ3) is 3.99. The Morgan fingerprint density at radius 2 is 1.68 bits per heavy atom. The predicted octanol–water partition coefficient (Wildman–Crippen LogP) is 4.73. The lowest BCUT2D eigenvalue weighted by Crippen LogP contribution is -2.28. The number of thioether (sulfide) groups is 1. The number of amides is 2. The van der Waals surface area contributed by atoms with Crippen molar-refractivity contribution >= 4 is 34.7 Å². The van der Waals surface area contributed by atoms with Gasteiger partial charge in [0, 0.05) is 0 Å². The molecule has 1 aliphatic heterocycles. The summed E-state index contributed by atoms with van der Waals surface area (Å²) in [4.78, 5) is 26.8. The van der Waals surface area contributed by atoms with Crippen molar-refractivity contribution in [1.29, 1.82) is 0 Å². The fourth-order valence-electron chi connectivity index (χ4n) is 2.80. The third-order valence-electron chi connectivity index (χ3n) is 3.99. The molecule has 1 saturated heterocycles. The molecule has 2 amide bonds. The van der Waals surface area contributed by atoms with Gasteiger partial charge in [0.2, 0.25) is 0 Å². The number of ether oxygens (including phenoxy) is 3. The molecular weight excluding hydrogens is 378 g/mol. The van der Waals surface area contributed by atoms with Gasteiger partial charge in [0.25, 0.3) is 11.1 Å². The fourth-order valence-corrected chi connectivity index (χ4v) is 3.63. The Bertz CT molecular complexity index is 925. The van der Waals surface area contributed by atoms with Crippen molar-refractivity contribution in [3.05, 3.63) is 52.9 Å². The van der Waals surface area contributed by atoms with Crippen LogP contribution in [0, 0.1) is 0 Å². The summed E-state index contributed by atoms with van der Waals surface area (Å²) in [5.74, 6) is 1.32. The molecule has 28 heavy (non-hydrogen) atoms. The summed E-state index contributed by atoms with van der Waals surface area (Å²) < 4.78 is 16.5. The van der Waals surface area contributed by atoms with Gasteiger partial charge in [-0.15, -0.1) is 0 Å². The highest BCUT2D eigenvalue weighted by Crippen LogP contribution is 2.40. The van der Waals surface area contributed by atoms with Gasteiger partial charge in [-0.05, 0) is 61.5 Å². The number of benzene rings is 2. The largest absolute Gasteiger partial charge is 0.495 e. The van der Waals surface area contributed by atoms with E-state index in [9.17, 15) is 9.59 Å². The normalized spacial score (nSPS) is 15.2. The van der Waals surface area contributed by atoms with E-state index in [0.717, 1.165) is 22.2 Å². The molecule has 1 aliphatic rings. The van der Waals surface area contributed by atoms with Crippen molar-refractivity contribution in [2.24, 2.45) is 0 Å². The number of carbonyl (C=O) groups is 2. The van der Waals surface area contributed by atoms with Gasteiger partial charge in [-0.2, -0.15) is 0 Å². The van der Waals surface area contributed by atoms with Gasteiger partial charge in [0.05, 0.1) is 30.9 Å². The molecule has 146 valence electrons. The Morgan fingerprint density at radius 3 is 2.39 bits per heavy atom. The predicted molar refractivity (Wildman–Crippen MR) is 110 cm³/mol. The van der Waals surface area contributed by atoms with E-state index >= 15 is 0 Å². The molecule has 2 aromatic carbocycles. The number of anilines is 1. The first kappa shape index (κ1) is 19.8. The summed E-state index contributed by atoms with van der Waals surface area (Å²) in [5, 5.41) is -0.364. The van der Waals surface area contributed by atoms with Crippen LogP contribution in [0.15, 0.2) is 47.4 Å². The quantitative estimate of drug-likeness (QED) is 0.627. The van der Waals surface area contributed by atoms with E-state index in [-0.39, 0.29) is 11.1 Å². The molecule has 0 atom stereocenters. The average Bonchev–Trinajstić information content (AvgIpc) is 2.97. The minimum atomic E-state index is -0.383. The van der Waals surface area contributed by atoms with Crippen LogP contribution in [-0.4, -0.2) is 31.5 Å². The minimum absolute atomic E-state index is 0.336. The number of para-hydroxylation sites is 2. The van der Waals surface area contributed by atoms with E-state index < -0.39 is 0 Å². The Morgan fingerprint density at radius 1 is 0.964 bits per heavy atom. The molecule has 0 aromatic heterocycles. The summed E-state index contributed by atoms with van der Waals surface area (Å²) >= 11 is 0.895. The van der Waals surface area contributed by atoms with Crippen LogP contribution in [0.3, 0.4) is 0 Å². The van der Waals surface area contributed by atoms with Gasteiger partial charge in [-0.3, -0.25) is 9.59 Å². The highest BCUT2D eigenvalue weighted by Gasteiger charge is 2.37. The number of imide groups is 1. The van der Waals surface area contributed by atoms with E-state index in [4.69, 9.17) is 14.2 Å². The van der Waals surface area contributed by atoms with Crippen LogP contribution in [0.5, 0.6) is 17.2 Å². The van der Waals surface area contributed by atoms with Gasteiger partial charge in [0.15, 0.2) is 11.5 Å². The molecule has 7 heteroatoms. The van der Waals surface area contributed by atoms with Gasteiger partial charge in [0.1, 0.15) is 5.75 Å². The first-order valence-corrected chi connectivity index (χ1v) is 9.71. The molecule has 0 unspecified atom stereocenters. The second kappa shape index (κ2) is 8.84. The molecular formula is C21H21NO5S. The van der Waals surface area contributed by atoms with Crippen LogP contribution in [0.1, 0.15) is 19.4 Å². The lowest BCUT2D eigenvalue weighted by molar-refractivity contribution is -0.113. The van der Waals surface area contributed by atoms with Crippen LogP contribution >= 0.6 is 11.8 Å². The van der Waals surface area contributed by atoms with Crippen molar-refractivity contribution in [3.63, 3.8) is 0 Å². The van der Waals surface area contributed by atoms with E-state index in [1.807, 2.05) is 19.9 Å². The van der Waals surface area contributed by atoms with Gasteiger partial charge in [-0.25, -0.2) is 4.90 Å². The average molecular weight is 399 g/mol. The zero-order chi connectivity index (χ0) is 20.1. The zero-order valence-electron chi connectivity index (χ0n) is 15.9. The van der Waals surface area contributed by atoms with Gasteiger partial charge in [-0.1, -0.05) is 18.2 Å². The molecule has 1 heterocycles. The maximum atomic E-state index is 12.9. The number of methoxy groups -OCH3 is 1. The second-order valence-corrected chi connectivity index (χ2v) is 6.75. The van der Waals surface area contributed by atoms with Crippen LogP contribution in [0.4, 0.5) is 10.5 Å². The molecule has 0 N–H and O–H groups in total. The minimum Gasteiger partial charge on any atom is -0.495 e. The van der Waals surface area contributed by atoms with E-state index in [1.54, 1.807) is 42.5 Å². The number of carbonyl (C=O) groups excluding carboxylic acids is 2. The molecule has 0 aliphatic carbocycles. The maximum absolute atomic E-state index is 12.9. The van der Waals surface area contributed by atoms with Gasteiger partial charge >= 0.3 is 0 Å². The Hall–Kier alpha value is -2.93. The molecule has 1 fully saturated rings. The van der Waals surface area contributed by atoms with Crippen molar-refractivity contribution < 1.29 is 23.8 Å². The number of hydrogen-bond donors (Lipinski definition) is 0. The Labute approximate surface area is 168 Å². The van der Waals surface area contributed by atoms with Crippen LogP contribution in [-0.2, 0) is 4.79 Å². The molecule has 2 aromatic rings. The monoisotopic (exact) mass is 399 g/mol. The molecule has 3 rings (SSSR count). The van der Waals surface area contributed by atoms with E-state index in [2.05, 4.69) is 0 Å². The summed E-state index contributed by atoms with van der Waals surface area (Å²) in [6.07, 6.45) is 1.68. The van der Waals surface area contributed by atoms with E-state index in [1.165, 1.54) is 7.11 Å². The van der Waals surface area contributed by atoms with Crippen molar-refractivity contribution in [2.45, 2.75) is 13.8 Å². The first-order chi connectivity index (χ1) is 13.6. The van der Waals surface area contributed by atoms with Crippen molar-refractivity contribution in [3.8, 4) is 17.2 Å². The van der Waals surface area contributed by atoms with Crippen LogP contribution in [0.2, 0.25) is 0 Å². The van der Waals surface area contributed by atoms with Crippen LogP contribution < -0.4 is 19.1 Å². The SMILES string of the molecule is CCOc1ccc(/C=C2\SC(=O)N(c3ccccc3OC)C2=O)cc1OCC. The zero-order valence-corrected chi connectivity index (χ0v) is 16.7. The third-order valence-corrected chi connectivity index (χ3v) is 4.85. The Balaban J connectivity index is 1.92. The van der Waals surface area contributed by atoms with E-state index in [0.29, 0.717) is 41.1 Å². The fraction of sp³-hybridized carbons (Fsp3) is 0.238. The second-order valence-electron chi connectivity index (χ2n) is 5.76. The summed E-state index contributed by atoms with van der Waals surface area (Å²) in [5.41, 5.74) is 1.18. The first-order valence-electron chi connectivity index (χ1n) is 8.89.